The number of nitrogens with zero attached hydrogens (tertiary/aromatic N) is 3. The smallest absolute Gasteiger partial charge is 0.272 e. The zero-order chi connectivity index (χ0) is 22.7. The lowest BCUT2D eigenvalue weighted by Crippen LogP contribution is -2.23. The van der Waals surface area contributed by atoms with Crippen LogP contribution in [0.1, 0.15) is 27.2 Å². The molecule has 2 aromatic heterocycles. The molecule has 0 saturated carbocycles. The number of hydrogen-bond donors (Lipinski definition) is 1. The molecule has 4 rings (SSSR count). The highest BCUT2D eigenvalue weighted by atomic mass is 35.5. The SMILES string of the molecule is O=C(Cc1cnco1)Nc1nccc2c1CN(Cc1ccc(OCC(F)F)c(Cl)c1)C2=O. The minimum atomic E-state index is -2.61. The molecule has 2 amide bonds. The predicted molar refractivity (Wildman–Crippen MR) is 110 cm³/mol. The molecular weight excluding hydrogens is 446 g/mol. The number of amides is 2. The largest absolute Gasteiger partial charge is 0.486 e. The molecule has 0 spiro atoms. The summed E-state index contributed by atoms with van der Waals surface area (Å²) >= 11 is 6.12. The molecule has 166 valence electrons. The number of aromatic nitrogens is 2. The van der Waals surface area contributed by atoms with Crippen molar-refractivity contribution in [3.63, 3.8) is 0 Å². The van der Waals surface area contributed by atoms with E-state index in [4.69, 9.17) is 20.8 Å². The monoisotopic (exact) mass is 462 g/mol. The Balaban J connectivity index is 1.44. The van der Waals surface area contributed by atoms with Crippen LogP contribution in [0.25, 0.3) is 0 Å². The number of oxazole rings is 1. The number of nitrogens with one attached hydrogen (secondary N) is 1. The topological polar surface area (TPSA) is 97.6 Å². The molecule has 0 aliphatic carbocycles. The van der Waals surface area contributed by atoms with Crippen LogP contribution in [0.2, 0.25) is 5.02 Å². The Labute approximate surface area is 186 Å². The van der Waals surface area contributed by atoms with E-state index in [-0.39, 0.29) is 42.1 Å². The van der Waals surface area contributed by atoms with E-state index >= 15 is 0 Å². The highest BCUT2D eigenvalue weighted by Gasteiger charge is 2.30. The summed E-state index contributed by atoms with van der Waals surface area (Å²) in [4.78, 5) is 34.7. The van der Waals surface area contributed by atoms with Crippen LogP contribution in [0.15, 0.2) is 47.5 Å². The van der Waals surface area contributed by atoms with Crippen molar-refractivity contribution in [1.82, 2.24) is 14.9 Å². The number of alkyl halides is 2. The molecule has 0 unspecified atom stereocenters. The van der Waals surface area contributed by atoms with E-state index in [0.29, 0.717) is 28.3 Å². The number of rotatable bonds is 8. The molecule has 0 radical (unpaired) electrons. The summed E-state index contributed by atoms with van der Waals surface area (Å²) in [6, 6.07) is 6.31. The number of carbonyl (C=O) groups excluding carboxylic acids is 2. The van der Waals surface area contributed by atoms with Crippen LogP contribution in [-0.2, 0) is 24.3 Å². The van der Waals surface area contributed by atoms with E-state index < -0.39 is 13.0 Å². The second kappa shape index (κ2) is 9.31. The fraction of sp³-hybridized carbons (Fsp3) is 0.238. The normalized spacial score (nSPS) is 12.9. The first-order valence-electron chi connectivity index (χ1n) is 9.54. The van der Waals surface area contributed by atoms with Gasteiger partial charge in [-0.25, -0.2) is 18.7 Å². The van der Waals surface area contributed by atoms with Crippen LogP contribution >= 0.6 is 11.6 Å². The second-order valence-electron chi connectivity index (χ2n) is 7.01. The van der Waals surface area contributed by atoms with Crippen LogP contribution < -0.4 is 10.1 Å². The Hall–Kier alpha value is -3.53. The highest BCUT2D eigenvalue weighted by Crippen LogP contribution is 2.31. The molecule has 11 heteroatoms. The minimum Gasteiger partial charge on any atom is -0.486 e. The van der Waals surface area contributed by atoms with Crippen LogP contribution in [-0.4, -0.2) is 39.7 Å². The van der Waals surface area contributed by atoms with Gasteiger partial charge in [0.2, 0.25) is 5.91 Å². The van der Waals surface area contributed by atoms with Gasteiger partial charge in [-0.1, -0.05) is 17.7 Å². The van der Waals surface area contributed by atoms with Gasteiger partial charge < -0.3 is 19.4 Å². The van der Waals surface area contributed by atoms with Gasteiger partial charge >= 0.3 is 0 Å². The second-order valence-corrected chi connectivity index (χ2v) is 7.41. The predicted octanol–water partition coefficient (Wildman–Crippen LogP) is 3.70. The lowest BCUT2D eigenvalue weighted by molar-refractivity contribution is -0.115. The molecule has 1 N–H and O–H groups in total. The number of anilines is 1. The number of benzene rings is 1. The van der Waals surface area contributed by atoms with Crippen LogP contribution in [0.4, 0.5) is 14.6 Å². The molecule has 8 nitrogen and oxygen atoms in total. The van der Waals surface area contributed by atoms with Crippen LogP contribution in [0.3, 0.4) is 0 Å². The molecule has 32 heavy (non-hydrogen) atoms. The van der Waals surface area contributed by atoms with Crippen molar-refractivity contribution >= 4 is 29.2 Å². The fourth-order valence-electron chi connectivity index (χ4n) is 3.32. The van der Waals surface area contributed by atoms with Gasteiger partial charge in [0, 0.05) is 23.9 Å². The molecule has 0 fully saturated rings. The Bertz CT molecular complexity index is 1140. The van der Waals surface area contributed by atoms with Gasteiger partial charge in [0.15, 0.2) is 6.39 Å². The van der Waals surface area contributed by atoms with Gasteiger partial charge in [-0.2, -0.15) is 0 Å². The van der Waals surface area contributed by atoms with Crippen molar-refractivity contribution in [2.24, 2.45) is 0 Å². The van der Waals surface area contributed by atoms with Gasteiger partial charge in [-0.15, -0.1) is 0 Å². The molecular formula is C21H17ClF2N4O4. The third-order valence-electron chi connectivity index (χ3n) is 4.73. The summed E-state index contributed by atoms with van der Waals surface area (Å²) in [5, 5.41) is 2.88. The van der Waals surface area contributed by atoms with Crippen molar-refractivity contribution in [3.05, 3.63) is 70.5 Å². The van der Waals surface area contributed by atoms with E-state index in [2.05, 4.69) is 15.3 Å². The van der Waals surface area contributed by atoms with E-state index in [1.165, 1.54) is 24.9 Å². The molecule has 3 heterocycles. The first-order valence-corrected chi connectivity index (χ1v) is 9.92. The number of hydrogen-bond acceptors (Lipinski definition) is 6. The zero-order valence-electron chi connectivity index (χ0n) is 16.6. The number of pyridine rings is 1. The molecule has 0 atom stereocenters. The maximum Gasteiger partial charge on any atom is 0.272 e. The van der Waals surface area contributed by atoms with Crippen LogP contribution in [0.5, 0.6) is 5.75 Å². The van der Waals surface area contributed by atoms with E-state index in [1.54, 1.807) is 23.1 Å². The zero-order valence-corrected chi connectivity index (χ0v) is 17.3. The third kappa shape index (κ3) is 4.86. The molecule has 1 aliphatic heterocycles. The minimum absolute atomic E-state index is 0.0124. The van der Waals surface area contributed by atoms with E-state index in [1.807, 2.05) is 0 Å². The Kier molecular flexibility index (Phi) is 6.31. The Morgan fingerprint density at radius 2 is 2.19 bits per heavy atom. The number of halogens is 3. The van der Waals surface area contributed by atoms with Crippen LogP contribution in [0, 0.1) is 0 Å². The summed E-state index contributed by atoms with van der Waals surface area (Å²) in [5.41, 5.74) is 1.74. The van der Waals surface area contributed by atoms with Gasteiger partial charge in [-0.3, -0.25) is 9.59 Å². The van der Waals surface area contributed by atoms with Crippen molar-refractivity contribution in [2.75, 3.05) is 11.9 Å². The molecule has 1 aliphatic rings. The maximum atomic E-state index is 12.8. The van der Waals surface area contributed by atoms with Gasteiger partial charge in [0.05, 0.1) is 24.2 Å². The summed E-state index contributed by atoms with van der Waals surface area (Å²) < 4.78 is 34.7. The fourth-order valence-corrected chi connectivity index (χ4v) is 3.58. The van der Waals surface area contributed by atoms with E-state index in [9.17, 15) is 18.4 Å². The van der Waals surface area contributed by atoms with Crippen molar-refractivity contribution < 1.29 is 27.5 Å². The van der Waals surface area contributed by atoms with Crippen molar-refractivity contribution in [2.45, 2.75) is 25.9 Å². The summed E-state index contributed by atoms with van der Waals surface area (Å²) in [6.07, 6.45) is 1.52. The molecule has 3 aromatic rings. The Morgan fingerprint density at radius 3 is 2.91 bits per heavy atom. The average molecular weight is 463 g/mol. The van der Waals surface area contributed by atoms with Gasteiger partial charge in [0.1, 0.15) is 23.9 Å². The number of fused-ring (bicyclic) bond motifs is 1. The average Bonchev–Trinajstić information content (AvgIpc) is 3.36. The molecule has 0 bridgehead atoms. The Morgan fingerprint density at radius 1 is 1.34 bits per heavy atom. The summed E-state index contributed by atoms with van der Waals surface area (Å²) in [5.74, 6) is 0.289. The summed E-state index contributed by atoms with van der Waals surface area (Å²) in [7, 11) is 0. The summed E-state index contributed by atoms with van der Waals surface area (Å²) in [6.45, 7) is -0.286. The van der Waals surface area contributed by atoms with Crippen molar-refractivity contribution in [1.29, 1.82) is 0 Å². The lowest BCUT2D eigenvalue weighted by atomic mass is 10.1. The number of ether oxygens (including phenoxy) is 1. The van der Waals surface area contributed by atoms with Crippen molar-refractivity contribution in [3.8, 4) is 5.75 Å². The van der Waals surface area contributed by atoms with Gasteiger partial charge in [0.25, 0.3) is 12.3 Å². The molecule has 0 saturated heterocycles. The highest BCUT2D eigenvalue weighted by molar-refractivity contribution is 6.32. The first kappa shape index (κ1) is 21.7. The molecule has 1 aromatic carbocycles. The number of carbonyl (C=O) groups is 2. The van der Waals surface area contributed by atoms with E-state index in [0.717, 1.165) is 0 Å². The standard InChI is InChI=1S/C21H17ClF2N4O4/c22-16-5-12(1-2-17(16)31-10-18(23)24)8-28-9-15-14(21(28)30)3-4-26-20(15)27-19(29)6-13-7-25-11-32-13/h1-5,7,11,18H,6,8-10H2,(H,26,27,29). The quantitative estimate of drug-likeness (QED) is 0.548. The lowest BCUT2D eigenvalue weighted by Gasteiger charge is -2.17. The van der Waals surface area contributed by atoms with Gasteiger partial charge in [-0.05, 0) is 23.8 Å². The maximum absolute atomic E-state index is 12.8. The third-order valence-corrected chi connectivity index (χ3v) is 5.03. The first-order chi connectivity index (χ1) is 15.4.